The molecule has 2 aromatic carbocycles. The number of anilines is 2. The number of benzene rings is 2. The van der Waals surface area contributed by atoms with Gasteiger partial charge in [0.25, 0.3) is 0 Å². The summed E-state index contributed by atoms with van der Waals surface area (Å²) >= 11 is 1.46. The maximum atomic E-state index is 13.6. The van der Waals surface area contributed by atoms with Crippen LogP contribution in [0.15, 0.2) is 40.1 Å². The number of fused-ring (bicyclic) bond motifs is 2. The van der Waals surface area contributed by atoms with E-state index >= 15 is 0 Å². The van der Waals surface area contributed by atoms with Crippen molar-refractivity contribution < 1.29 is 13.2 Å². The second-order valence-electron chi connectivity index (χ2n) is 9.23. The molecule has 4 rings (SSSR count). The van der Waals surface area contributed by atoms with Crippen LogP contribution in [0.4, 0.5) is 24.5 Å². The predicted molar refractivity (Wildman–Crippen MR) is 130 cm³/mol. The van der Waals surface area contributed by atoms with Gasteiger partial charge in [0.15, 0.2) is 0 Å². The average molecular weight is 479 g/mol. The maximum absolute atomic E-state index is 13.6. The molecule has 33 heavy (non-hydrogen) atoms. The van der Waals surface area contributed by atoms with E-state index in [1.54, 1.807) is 0 Å². The summed E-state index contributed by atoms with van der Waals surface area (Å²) in [6, 6.07) is 9.52. The molecule has 1 fully saturated rings. The van der Waals surface area contributed by atoms with Crippen molar-refractivity contribution in [2.45, 2.75) is 55.1 Å². The molecule has 2 atom stereocenters. The summed E-state index contributed by atoms with van der Waals surface area (Å²) in [4.78, 5) is 4.17. The third-order valence-corrected chi connectivity index (χ3v) is 7.64. The highest BCUT2D eigenvalue weighted by atomic mass is 32.2. The van der Waals surface area contributed by atoms with Gasteiger partial charge in [0.2, 0.25) is 0 Å². The zero-order valence-corrected chi connectivity index (χ0v) is 20.1. The monoisotopic (exact) mass is 478 g/mol. The molecule has 2 unspecified atom stereocenters. The van der Waals surface area contributed by atoms with E-state index in [1.807, 2.05) is 0 Å². The number of nitrogens with zero attached hydrogens (tertiary/aromatic N) is 1. The molecule has 0 radical (unpaired) electrons. The highest BCUT2D eigenvalue weighted by Gasteiger charge is 2.34. The van der Waals surface area contributed by atoms with Gasteiger partial charge >= 0.3 is 6.18 Å². The predicted octanol–water partition coefficient (Wildman–Crippen LogP) is 5.35. The Morgan fingerprint density at radius 2 is 1.91 bits per heavy atom. The highest BCUT2D eigenvalue weighted by Crippen LogP contribution is 2.46. The van der Waals surface area contributed by atoms with Crippen molar-refractivity contribution in [2.24, 2.45) is 11.7 Å². The van der Waals surface area contributed by atoms with Gasteiger partial charge in [0.05, 0.1) is 5.56 Å². The molecule has 0 aliphatic carbocycles. The van der Waals surface area contributed by atoms with Crippen molar-refractivity contribution in [3.8, 4) is 0 Å². The molecular formula is C25H33F3N4S. The fourth-order valence-electron chi connectivity index (χ4n) is 4.84. The van der Waals surface area contributed by atoms with Gasteiger partial charge in [-0.15, -0.1) is 0 Å². The fraction of sp³-hybridized carbons (Fsp3) is 0.520. The Balaban J connectivity index is 1.57. The van der Waals surface area contributed by atoms with Crippen molar-refractivity contribution in [2.75, 3.05) is 42.9 Å². The van der Waals surface area contributed by atoms with Gasteiger partial charge in [-0.2, -0.15) is 13.2 Å². The fourth-order valence-corrected chi connectivity index (χ4v) is 6.01. The van der Waals surface area contributed by atoms with Crippen LogP contribution in [0.2, 0.25) is 0 Å². The van der Waals surface area contributed by atoms with Gasteiger partial charge in [0, 0.05) is 59.8 Å². The Morgan fingerprint density at radius 3 is 2.61 bits per heavy atom. The van der Waals surface area contributed by atoms with E-state index < -0.39 is 11.7 Å². The molecule has 0 saturated carbocycles. The quantitative estimate of drug-likeness (QED) is 0.381. The van der Waals surface area contributed by atoms with E-state index in [4.69, 9.17) is 5.73 Å². The standard InChI is InChI=1S/C25H33F3N4S/c1-16-10-17(2)32(15-16)20-5-4-18-11-21-22(31-8-3-7-30-9-6-29)12-19(25(26,27)28)13-24(21)33-23(18)14-20/h4-5,12-14,16-17,30-31H,3,6-11,15,29H2,1-2H3. The minimum atomic E-state index is -4.38. The van der Waals surface area contributed by atoms with Crippen LogP contribution in [-0.4, -0.2) is 38.8 Å². The lowest BCUT2D eigenvalue weighted by Crippen LogP contribution is -2.26. The molecule has 0 spiro atoms. The second-order valence-corrected chi connectivity index (χ2v) is 10.3. The molecule has 180 valence electrons. The Morgan fingerprint density at radius 1 is 1.09 bits per heavy atom. The first kappa shape index (κ1) is 24.2. The van der Waals surface area contributed by atoms with Gasteiger partial charge in [-0.3, -0.25) is 0 Å². The zero-order valence-electron chi connectivity index (χ0n) is 19.3. The van der Waals surface area contributed by atoms with Gasteiger partial charge < -0.3 is 21.3 Å². The number of hydrogen-bond acceptors (Lipinski definition) is 5. The molecule has 1 saturated heterocycles. The van der Waals surface area contributed by atoms with Crippen LogP contribution >= 0.6 is 11.8 Å². The molecule has 2 aromatic rings. The zero-order chi connectivity index (χ0) is 23.6. The first-order valence-electron chi connectivity index (χ1n) is 11.7. The van der Waals surface area contributed by atoms with Crippen molar-refractivity contribution in [1.82, 2.24) is 5.32 Å². The van der Waals surface area contributed by atoms with E-state index in [0.717, 1.165) is 42.2 Å². The molecular weight excluding hydrogens is 445 g/mol. The second kappa shape index (κ2) is 10.2. The van der Waals surface area contributed by atoms with Crippen LogP contribution < -0.4 is 21.3 Å². The maximum Gasteiger partial charge on any atom is 0.416 e. The lowest BCUT2D eigenvalue weighted by molar-refractivity contribution is -0.137. The largest absolute Gasteiger partial charge is 0.416 e. The Bertz CT molecular complexity index is 979. The summed E-state index contributed by atoms with van der Waals surface area (Å²) in [7, 11) is 0. The third kappa shape index (κ3) is 5.61. The topological polar surface area (TPSA) is 53.3 Å². The van der Waals surface area contributed by atoms with E-state index in [0.29, 0.717) is 42.1 Å². The van der Waals surface area contributed by atoms with Gasteiger partial charge in [0.1, 0.15) is 0 Å². The summed E-state index contributed by atoms with van der Waals surface area (Å²) < 4.78 is 40.9. The third-order valence-electron chi connectivity index (χ3n) is 6.46. The SMILES string of the molecule is CC1CC(C)N(c2ccc3c(c2)Sc2cc(C(F)(F)F)cc(NCCCNCCN)c2C3)C1. The Kier molecular flexibility index (Phi) is 7.46. The molecule has 0 bridgehead atoms. The number of nitrogens with one attached hydrogen (secondary N) is 2. The van der Waals surface area contributed by atoms with E-state index in [-0.39, 0.29) is 0 Å². The minimum absolute atomic E-state index is 0.478. The highest BCUT2D eigenvalue weighted by molar-refractivity contribution is 7.99. The summed E-state index contributed by atoms with van der Waals surface area (Å²) in [5, 5.41) is 6.48. The normalized spacial score (nSPS) is 20.0. The molecule has 8 heteroatoms. The number of alkyl halides is 3. The molecule has 4 N–H and O–H groups in total. The van der Waals surface area contributed by atoms with Crippen molar-refractivity contribution in [3.05, 3.63) is 47.0 Å². The molecule has 2 aliphatic heterocycles. The molecule has 0 aromatic heterocycles. The molecule has 2 aliphatic rings. The van der Waals surface area contributed by atoms with E-state index in [9.17, 15) is 13.2 Å². The van der Waals surface area contributed by atoms with Crippen LogP contribution in [0, 0.1) is 5.92 Å². The number of hydrogen-bond donors (Lipinski definition) is 3. The van der Waals surface area contributed by atoms with Crippen LogP contribution in [0.25, 0.3) is 0 Å². The van der Waals surface area contributed by atoms with Crippen LogP contribution in [0.1, 0.15) is 43.4 Å². The van der Waals surface area contributed by atoms with Gasteiger partial charge in [-0.05, 0) is 67.6 Å². The van der Waals surface area contributed by atoms with Crippen LogP contribution in [-0.2, 0) is 12.6 Å². The van der Waals surface area contributed by atoms with Crippen LogP contribution in [0.3, 0.4) is 0 Å². The summed E-state index contributed by atoms with van der Waals surface area (Å²) in [6.45, 7) is 8.22. The molecule has 0 amide bonds. The Labute approximate surface area is 198 Å². The first-order chi connectivity index (χ1) is 15.8. The summed E-state index contributed by atoms with van der Waals surface area (Å²) in [5.74, 6) is 0.651. The summed E-state index contributed by atoms with van der Waals surface area (Å²) in [5.41, 5.74) is 8.75. The van der Waals surface area contributed by atoms with Crippen LogP contribution in [0.5, 0.6) is 0 Å². The van der Waals surface area contributed by atoms with Crippen molar-refractivity contribution >= 4 is 23.1 Å². The van der Waals surface area contributed by atoms with E-state index in [1.165, 1.54) is 35.9 Å². The Hall–Kier alpha value is -1.90. The lowest BCUT2D eigenvalue weighted by atomic mass is 9.99. The average Bonchev–Trinajstić information content (AvgIpc) is 3.11. The van der Waals surface area contributed by atoms with Crippen molar-refractivity contribution in [1.29, 1.82) is 0 Å². The van der Waals surface area contributed by atoms with Gasteiger partial charge in [-0.25, -0.2) is 0 Å². The minimum Gasteiger partial charge on any atom is -0.385 e. The van der Waals surface area contributed by atoms with E-state index in [2.05, 4.69) is 47.6 Å². The number of nitrogens with two attached hydrogens (primary N) is 1. The summed E-state index contributed by atoms with van der Waals surface area (Å²) in [6.07, 6.45) is -1.77. The van der Waals surface area contributed by atoms with Gasteiger partial charge in [-0.1, -0.05) is 24.8 Å². The smallest absolute Gasteiger partial charge is 0.385 e. The lowest BCUT2D eigenvalue weighted by Gasteiger charge is -2.28. The first-order valence-corrected chi connectivity index (χ1v) is 12.5. The number of halogens is 3. The molecule has 2 heterocycles. The number of rotatable bonds is 8. The van der Waals surface area contributed by atoms with Crippen molar-refractivity contribution in [3.63, 3.8) is 0 Å². The molecule has 4 nitrogen and oxygen atoms in total.